The predicted octanol–water partition coefficient (Wildman–Crippen LogP) is 4.62. The summed E-state index contributed by atoms with van der Waals surface area (Å²) in [6, 6.07) is 11.3. The Morgan fingerprint density at radius 1 is 1.06 bits per heavy atom. The largest absolute Gasteiger partial charge is 0.490 e. The molecule has 8 nitrogen and oxygen atoms in total. The van der Waals surface area contributed by atoms with Gasteiger partial charge in [-0.15, -0.1) is 0 Å². The quantitative estimate of drug-likeness (QED) is 0.448. The predicted molar refractivity (Wildman–Crippen MR) is 123 cm³/mol. The number of carboxylic acids is 1. The molecule has 0 bridgehead atoms. The molecule has 0 aliphatic rings. The second-order valence-electron chi connectivity index (χ2n) is 7.53. The number of nitrogens with one attached hydrogen (secondary N) is 2. The average molecular weight is 437 g/mol. The maximum Gasteiger partial charge on any atom is 0.330 e. The number of carbonyl (C=O) groups excluding carboxylic acids is 1. The van der Waals surface area contributed by atoms with Crippen molar-refractivity contribution in [3.05, 3.63) is 54.2 Å². The summed E-state index contributed by atoms with van der Waals surface area (Å²) in [5.41, 5.74) is 1.15. The van der Waals surface area contributed by atoms with Gasteiger partial charge in [-0.3, -0.25) is 4.79 Å². The summed E-state index contributed by atoms with van der Waals surface area (Å²) < 4.78 is 11.4. The number of nitrogens with zero attached hydrogens (tertiary/aromatic N) is 1. The van der Waals surface area contributed by atoms with E-state index in [1.165, 1.54) is 6.92 Å². The van der Waals surface area contributed by atoms with E-state index in [2.05, 4.69) is 15.6 Å². The average Bonchev–Trinajstić information content (AvgIpc) is 2.72. The van der Waals surface area contributed by atoms with Gasteiger partial charge in [-0.25, -0.2) is 9.78 Å². The summed E-state index contributed by atoms with van der Waals surface area (Å²) in [6.07, 6.45) is 1.61. The maximum atomic E-state index is 12.1. The third-order valence-electron chi connectivity index (χ3n) is 4.55. The van der Waals surface area contributed by atoms with E-state index in [0.29, 0.717) is 35.2 Å². The van der Waals surface area contributed by atoms with Gasteiger partial charge in [-0.2, -0.15) is 0 Å². The van der Waals surface area contributed by atoms with Gasteiger partial charge >= 0.3 is 5.97 Å². The molecule has 1 heterocycles. The lowest BCUT2D eigenvalue weighted by atomic mass is 10.0. The van der Waals surface area contributed by atoms with Crippen molar-refractivity contribution in [2.45, 2.75) is 39.8 Å². The van der Waals surface area contributed by atoms with Crippen molar-refractivity contribution in [3.8, 4) is 11.5 Å². The van der Waals surface area contributed by atoms with E-state index in [-0.39, 0.29) is 12.0 Å². The minimum Gasteiger partial charge on any atom is -0.490 e. The van der Waals surface area contributed by atoms with Gasteiger partial charge in [0.2, 0.25) is 5.91 Å². The monoisotopic (exact) mass is 437 g/mol. The first-order valence-electron chi connectivity index (χ1n) is 10.4. The van der Waals surface area contributed by atoms with Crippen LogP contribution in [0.3, 0.4) is 0 Å². The van der Waals surface area contributed by atoms with E-state index in [9.17, 15) is 14.7 Å². The Bertz CT molecular complexity index is 1130. The van der Waals surface area contributed by atoms with Gasteiger partial charge in [0.25, 0.3) is 0 Å². The molecule has 1 unspecified atom stereocenters. The molecule has 8 heteroatoms. The van der Waals surface area contributed by atoms with Crippen LogP contribution in [0.2, 0.25) is 0 Å². The van der Waals surface area contributed by atoms with Gasteiger partial charge in [0.05, 0.1) is 12.7 Å². The number of benzene rings is 2. The number of rotatable bonds is 9. The highest BCUT2D eigenvalue weighted by Crippen LogP contribution is 2.33. The number of aliphatic carboxylic acids is 1. The van der Waals surface area contributed by atoms with Crippen molar-refractivity contribution in [1.82, 2.24) is 4.98 Å². The number of hydrogen-bond acceptors (Lipinski definition) is 6. The van der Waals surface area contributed by atoms with Crippen molar-refractivity contribution in [1.29, 1.82) is 0 Å². The fraction of sp³-hybridized carbons (Fsp3) is 0.292. The molecule has 168 valence electrons. The Kier molecular flexibility index (Phi) is 7.14. The molecular weight excluding hydrogens is 410 g/mol. The first-order chi connectivity index (χ1) is 15.3. The molecule has 32 heavy (non-hydrogen) atoms. The van der Waals surface area contributed by atoms with E-state index in [1.54, 1.807) is 36.5 Å². The molecule has 3 aromatic rings. The topological polar surface area (TPSA) is 110 Å². The lowest BCUT2D eigenvalue weighted by molar-refractivity contribution is -0.138. The normalized spacial score (nSPS) is 11.8. The van der Waals surface area contributed by atoms with E-state index < -0.39 is 12.0 Å². The number of amides is 1. The third-order valence-corrected chi connectivity index (χ3v) is 4.55. The summed E-state index contributed by atoms with van der Waals surface area (Å²) >= 11 is 0. The third kappa shape index (κ3) is 5.66. The van der Waals surface area contributed by atoms with Crippen LogP contribution in [0.15, 0.2) is 48.7 Å². The lowest BCUT2D eigenvalue weighted by Crippen LogP contribution is -2.20. The molecule has 1 atom stereocenters. The SMILES string of the molecule is CCOc1cc(C(Nc2ccc3cnc(NC(C)=O)cc3c2)C(=O)O)ccc1OC(C)C. The van der Waals surface area contributed by atoms with Gasteiger partial charge in [0.15, 0.2) is 17.5 Å². The summed E-state index contributed by atoms with van der Waals surface area (Å²) in [5, 5.41) is 17.3. The first kappa shape index (κ1) is 22.9. The van der Waals surface area contributed by atoms with E-state index >= 15 is 0 Å². The first-order valence-corrected chi connectivity index (χ1v) is 10.4. The van der Waals surface area contributed by atoms with Crippen molar-refractivity contribution >= 4 is 34.2 Å². The Balaban J connectivity index is 1.92. The van der Waals surface area contributed by atoms with Gasteiger partial charge < -0.3 is 25.2 Å². The molecule has 3 N–H and O–H groups in total. The molecule has 0 spiro atoms. The lowest BCUT2D eigenvalue weighted by Gasteiger charge is -2.20. The minimum atomic E-state index is -1.03. The fourth-order valence-corrected chi connectivity index (χ4v) is 3.26. The summed E-state index contributed by atoms with van der Waals surface area (Å²) in [4.78, 5) is 27.6. The number of pyridine rings is 1. The molecule has 0 aliphatic heterocycles. The van der Waals surface area contributed by atoms with Crippen LogP contribution in [0.1, 0.15) is 39.3 Å². The molecule has 3 rings (SSSR count). The Labute approximate surface area is 186 Å². The number of hydrogen-bond donors (Lipinski definition) is 3. The van der Waals surface area contributed by atoms with Crippen LogP contribution in [0.5, 0.6) is 11.5 Å². The van der Waals surface area contributed by atoms with Crippen LogP contribution in [-0.2, 0) is 9.59 Å². The second kappa shape index (κ2) is 10.00. The van der Waals surface area contributed by atoms with Gasteiger partial charge in [0.1, 0.15) is 5.82 Å². The molecule has 0 saturated carbocycles. The van der Waals surface area contributed by atoms with Crippen LogP contribution in [-0.4, -0.2) is 34.7 Å². The standard InChI is InChI=1S/C24H27N3O5/c1-5-31-21-11-16(7-9-20(21)32-14(2)3)23(24(29)30)27-19-8-6-17-13-25-22(26-15(4)28)12-18(17)10-19/h6-14,23,27H,5H2,1-4H3,(H,29,30)(H,25,26,28). The highest BCUT2D eigenvalue weighted by atomic mass is 16.5. The van der Waals surface area contributed by atoms with Gasteiger partial charge in [-0.1, -0.05) is 12.1 Å². The van der Waals surface area contributed by atoms with Gasteiger partial charge in [-0.05, 0) is 62.1 Å². The maximum absolute atomic E-state index is 12.1. The zero-order valence-electron chi connectivity index (χ0n) is 18.5. The number of carbonyl (C=O) groups is 2. The number of carboxylic acid groups (broad SMARTS) is 1. The molecular formula is C24H27N3O5. The smallest absolute Gasteiger partial charge is 0.330 e. The summed E-state index contributed by atoms with van der Waals surface area (Å²) in [7, 11) is 0. The molecule has 0 saturated heterocycles. The van der Waals surface area contributed by atoms with E-state index in [4.69, 9.17) is 9.47 Å². The van der Waals surface area contributed by atoms with Crippen molar-refractivity contribution < 1.29 is 24.2 Å². The number of ether oxygens (including phenoxy) is 2. The van der Waals surface area contributed by atoms with E-state index in [1.807, 2.05) is 32.9 Å². The summed E-state index contributed by atoms with van der Waals surface area (Å²) in [5.74, 6) is 0.250. The number of fused-ring (bicyclic) bond motifs is 1. The van der Waals surface area contributed by atoms with Crippen molar-refractivity contribution in [2.75, 3.05) is 17.2 Å². The Morgan fingerprint density at radius 3 is 2.50 bits per heavy atom. The highest BCUT2D eigenvalue weighted by molar-refractivity contribution is 5.92. The summed E-state index contributed by atoms with van der Waals surface area (Å²) in [6.45, 7) is 7.53. The molecule has 0 radical (unpaired) electrons. The van der Waals surface area contributed by atoms with Crippen molar-refractivity contribution in [2.24, 2.45) is 0 Å². The molecule has 0 fully saturated rings. The zero-order chi connectivity index (χ0) is 23.3. The van der Waals surface area contributed by atoms with Gasteiger partial charge in [0, 0.05) is 24.2 Å². The van der Waals surface area contributed by atoms with Crippen LogP contribution in [0.4, 0.5) is 11.5 Å². The van der Waals surface area contributed by atoms with Crippen molar-refractivity contribution in [3.63, 3.8) is 0 Å². The van der Waals surface area contributed by atoms with E-state index in [0.717, 1.165) is 10.8 Å². The van der Waals surface area contributed by atoms with Crippen LogP contribution in [0, 0.1) is 0 Å². The number of aromatic nitrogens is 1. The molecule has 1 aromatic heterocycles. The molecule has 1 amide bonds. The zero-order valence-corrected chi connectivity index (χ0v) is 18.5. The van der Waals surface area contributed by atoms with Crippen LogP contribution >= 0.6 is 0 Å². The molecule has 2 aromatic carbocycles. The second-order valence-corrected chi connectivity index (χ2v) is 7.53. The van der Waals surface area contributed by atoms with Crippen LogP contribution in [0.25, 0.3) is 10.8 Å². The number of anilines is 2. The minimum absolute atomic E-state index is 0.0390. The molecule has 0 aliphatic carbocycles. The van der Waals surface area contributed by atoms with Crippen LogP contribution < -0.4 is 20.1 Å². The highest BCUT2D eigenvalue weighted by Gasteiger charge is 2.22. The Hall–Kier alpha value is -3.81. The Morgan fingerprint density at radius 2 is 1.84 bits per heavy atom. The fourth-order valence-electron chi connectivity index (χ4n) is 3.26.